The Morgan fingerprint density at radius 2 is 1.93 bits per heavy atom. The van der Waals surface area contributed by atoms with E-state index in [9.17, 15) is 9.59 Å². The summed E-state index contributed by atoms with van der Waals surface area (Å²) >= 11 is 0. The second-order valence-electron chi connectivity index (χ2n) is 6.54. The summed E-state index contributed by atoms with van der Waals surface area (Å²) in [5.41, 5.74) is 1.99. The van der Waals surface area contributed by atoms with Gasteiger partial charge in [0.15, 0.2) is 6.61 Å². The van der Waals surface area contributed by atoms with Gasteiger partial charge in [0.05, 0.1) is 17.4 Å². The van der Waals surface area contributed by atoms with Gasteiger partial charge < -0.3 is 20.1 Å². The molecule has 3 rings (SSSR count). The summed E-state index contributed by atoms with van der Waals surface area (Å²) in [5.74, 6) is 0.0640. The van der Waals surface area contributed by atoms with Crippen LogP contribution in [0.25, 0.3) is 0 Å². The molecule has 6 nitrogen and oxygen atoms in total. The van der Waals surface area contributed by atoms with Crippen LogP contribution in [0.5, 0.6) is 5.75 Å². The van der Waals surface area contributed by atoms with Gasteiger partial charge in [-0.3, -0.25) is 9.59 Å². The first-order valence-electron chi connectivity index (χ1n) is 9.10. The highest BCUT2D eigenvalue weighted by molar-refractivity contribution is 6.04. The first-order valence-corrected chi connectivity index (χ1v) is 9.10. The highest BCUT2D eigenvalue weighted by atomic mass is 16.5. The van der Waals surface area contributed by atoms with Crippen molar-refractivity contribution in [2.45, 2.75) is 25.9 Å². The quantitative estimate of drug-likeness (QED) is 0.788. The van der Waals surface area contributed by atoms with E-state index in [1.165, 1.54) is 0 Å². The molecule has 142 valence electrons. The van der Waals surface area contributed by atoms with E-state index >= 15 is 0 Å². The Bertz CT molecular complexity index is 783. The topological polar surface area (TPSA) is 76.7 Å². The normalized spacial score (nSPS) is 16.0. The van der Waals surface area contributed by atoms with Crippen LogP contribution in [0.3, 0.4) is 0 Å². The summed E-state index contributed by atoms with van der Waals surface area (Å²) in [7, 11) is 0. The SMILES string of the molecule is Cc1ccc(OCC(=O)Nc2ccccc2C(=O)NC[C@H]2CCCO2)cc1. The molecule has 0 aliphatic carbocycles. The zero-order chi connectivity index (χ0) is 19.1. The average molecular weight is 368 g/mol. The summed E-state index contributed by atoms with van der Waals surface area (Å²) in [6.07, 6.45) is 2.04. The third-order valence-corrected chi connectivity index (χ3v) is 4.35. The minimum absolute atomic E-state index is 0.0682. The molecule has 2 aromatic rings. The Hall–Kier alpha value is -2.86. The molecule has 0 aromatic heterocycles. The van der Waals surface area contributed by atoms with Crippen molar-refractivity contribution in [1.82, 2.24) is 5.32 Å². The molecule has 0 radical (unpaired) electrons. The van der Waals surface area contributed by atoms with Crippen LogP contribution in [0, 0.1) is 6.92 Å². The molecule has 6 heteroatoms. The first kappa shape index (κ1) is 18.9. The van der Waals surface area contributed by atoms with Gasteiger partial charge in [0.2, 0.25) is 0 Å². The van der Waals surface area contributed by atoms with E-state index in [2.05, 4.69) is 10.6 Å². The summed E-state index contributed by atoms with van der Waals surface area (Å²) in [5, 5.41) is 5.62. The minimum Gasteiger partial charge on any atom is -0.484 e. The molecule has 0 spiro atoms. The molecule has 2 amide bonds. The van der Waals surface area contributed by atoms with E-state index < -0.39 is 0 Å². The van der Waals surface area contributed by atoms with E-state index in [0.717, 1.165) is 25.0 Å². The smallest absolute Gasteiger partial charge is 0.262 e. The lowest BCUT2D eigenvalue weighted by atomic mass is 10.1. The Morgan fingerprint density at radius 1 is 1.15 bits per heavy atom. The third-order valence-electron chi connectivity index (χ3n) is 4.35. The number of benzene rings is 2. The number of aryl methyl sites for hydroxylation is 1. The van der Waals surface area contributed by atoms with Crippen LogP contribution >= 0.6 is 0 Å². The Kier molecular flexibility index (Phi) is 6.44. The van der Waals surface area contributed by atoms with Crippen molar-refractivity contribution < 1.29 is 19.1 Å². The van der Waals surface area contributed by atoms with Gasteiger partial charge in [-0.2, -0.15) is 0 Å². The minimum atomic E-state index is -0.324. The number of para-hydroxylation sites is 1. The predicted octanol–water partition coefficient (Wildman–Crippen LogP) is 2.92. The summed E-state index contributed by atoms with van der Waals surface area (Å²) in [6, 6.07) is 14.4. The first-order chi connectivity index (χ1) is 13.1. The van der Waals surface area contributed by atoms with Gasteiger partial charge in [0.25, 0.3) is 11.8 Å². The van der Waals surface area contributed by atoms with Crippen LogP contribution in [0.1, 0.15) is 28.8 Å². The van der Waals surface area contributed by atoms with Crippen molar-refractivity contribution in [3.63, 3.8) is 0 Å². The van der Waals surface area contributed by atoms with Gasteiger partial charge in [-0.25, -0.2) is 0 Å². The highest BCUT2D eigenvalue weighted by Crippen LogP contribution is 2.16. The number of ether oxygens (including phenoxy) is 2. The van der Waals surface area contributed by atoms with Gasteiger partial charge in [-0.15, -0.1) is 0 Å². The maximum atomic E-state index is 12.5. The number of rotatable bonds is 7. The third kappa shape index (κ3) is 5.56. The van der Waals surface area contributed by atoms with Crippen molar-refractivity contribution in [2.24, 2.45) is 0 Å². The molecule has 2 aromatic carbocycles. The van der Waals surface area contributed by atoms with Gasteiger partial charge in [0, 0.05) is 13.2 Å². The molecule has 1 atom stereocenters. The second-order valence-corrected chi connectivity index (χ2v) is 6.54. The fraction of sp³-hybridized carbons (Fsp3) is 0.333. The number of carbonyl (C=O) groups is 2. The van der Waals surface area contributed by atoms with Crippen molar-refractivity contribution in [3.8, 4) is 5.75 Å². The van der Waals surface area contributed by atoms with Crippen molar-refractivity contribution in [2.75, 3.05) is 25.1 Å². The standard InChI is InChI=1S/C21H24N2O4/c1-15-8-10-16(11-9-15)27-14-20(24)23-19-7-3-2-6-18(19)21(25)22-13-17-5-4-12-26-17/h2-3,6-11,17H,4-5,12-14H2,1H3,(H,22,25)(H,23,24)/t17-/m1/s1. The zero-order valence-electron chi connectivity index (χ0n) is 15.4. The van der Waals surface area contributed by atoms with Crippen LogP contribution in [-0.4, -0.2) is 37.7 Å². The average Bonchev–Trinajstić information content (AvgIpc) is 3.20. The fourth-order valence-electron chi connectivity index (χ4n) is 2.87. The predicted molar refractivity (Wildman–Crippen MR) is 103 cm³/mol. The number of nitrogens with one attached hydrogen (secondary N) is 2. The molecule has 1 aliphatic heterocycles. The van der Waals surface area contributed by atoms with Gasteiger partial charge in [-0.1, -0.05) is 29.8 Å². The molecule has 1 fully saturated rings. The zero-order valence-corrected chi connectivity index (χ0v) is 15.4. The molecular formula is C21H24N2O4. The van der Waals surface area contributed by atoms with Gasteiger partial charge >= 0.3 is 0 Å². The monoisotopic (exact) mass is 368 g/mol. The van der Waals surface area contributed by atoms with E-state index in [4.69, 9.17) is 9.47 Å². The molecule has 0 unspecified atom stereocenters. The van der Waals surface area contributed by atoms with Gasteiger partial charge in [-0.05, 0) is 44.0 Å². The highest BCUT2D eigenvalue weighted by Gasteiger charge is 2.18. The molecule has 0 saturated carbocycles. The number of carbonyl (C=O) groups excluding carboxylic acids is 2. The Balaban J connectivity index is 1.55. The summed E-state index contributed by atoms with van der Waals surface area (Å²) in [4.78, 5) is 24.7. The van der Waals surface area contributed by atoms with Crippen LogP contribution in [-0.2, 0) is 9.53 Å². The van der Waals surface area contributed by atoms with E-state index in [-0.39, 0.29) is 24.5 Å². The van der Waals surface area contributed by atoms with Crippen molar-refractivity contribution in [1.29, 1.82) is 0 Å². The largest absolute Gasteiger partial charge is 0.484 e. The molecule has 2 N–H and O–H groups in total. The van der Waals surface area contributed by atoms with Crippen molar-refractivity contribution >= 4 is 17.5 Å². The van der Waals surface area contributed by atoms with Crippen LogP contribution in [0.4, 0.5) is 5.69 Å². The fourth-order valence-corrected chi connectivity index (χ4v) is 2.87. The molecule has 27 heavy (non-hydrogen) atoms. The van der Waals surface area contributed by atoms with Crippen molar-refractivity contribution in [3.05, 3.63) is 59.7 Å². The van der Waals surface area contributed by atoms with Crippen LogP contribution in [0.15, 0.2) is 48.5 Å². The van der Waals surface area contributed by atoms with E-state index in [1.54, 1.807) is 24.3 Å². The second kappa shape index (κ2) is 9.19. The lowest BCUT2D eigenvalue weighted by Gasteiger charge is -2.14. The molecule has 1 saturated heterocycles. The number of hydrogen-bond donors (Lipinski definition) is 2. The lowest BCUT2D eigenvalue weighted by Crippen LogP contribution is -2.32. The van der Waals surface area contributed by atoms with Gasteiger partial charge in [0.1, 0.15) is 5.75 Å². The molecule has 1 heterocycles. The molecular weight excluding hydrogens is 344 g/mol. The Morgan fingerprint density at radius 3 is 2.67 bits per heavy atom. The van der Waals surface area contributed by atoms with Crippen LogP contribution < -0.4 is 15.4 Å². The number of hydrogen-bond acceptors (Lipinski definition) is 4. The summed E-state index contributed by atoms with van der Waals surface area (Å²) < 4.78 is 11.0. The molecule has 1 aliphatic rings. The molecule has 0 bridgehead atoms. The maximum Gasteiger partial charge on any atom is 0.262 e. The number of anilines is 1. The number of amides is 2. The van der Waals surface area contributed by atoms with E-state index in [1.807, 2.05) is 31.2 Å². The van der Waals surface area contributed by atoms with Crippen LogP contribution in [0.2, 0.25) is 0 Å². The summed E-state index contributed by atoms with van der Waals surface area (Å²) in [6.45, 7) is 3.07. The maximum absolute atomic E-state index is 12.5. The Labute approximate surface area is 158 Å². The van der Waals surface area contributed by atoms with E-state index in [0.29, 0.717) is 23.5 Å². The lowest BCUT2D eigenvalue weighted by molar-refractivity contribution is -0.118.